The van der Waals surface area contributed by atoms with Crippen LogP contribution in [-0.4, -0.2) is 38.0 Å². The zero-order valence-corrected chi connectivity index (χ0v) is 22.5. The van der Waals surface area contributed by atoms with Gasteiger partial charge in [0.25, 0.3) is 11.7 Å². The molecule has 1 heterocycles. The van der Waals surface area contributed by atoms with Crippen molar-refractivity contribution in [1.82, 2.24) is 0 Å². The average molecular weight is 499 g/mol. The van der Waals surface area contributed by atoms with Gasteiger partial charge in [0.1, 0.15) is 11.5 Å². The molecule has 0 spiro atoms. The maximum Gasteiger partial charge on any atom is 0.300 e. The first-order chi connectivity index (χ1) is 17.5. The Labute approximate surface area is 218 Å². The summed E-state index contributed by atoms with van der Waals surface area (Å²) >= 11 is 0. The van der Waals surface area contributed by atoms with Crippen LogP contribution in [0, 0.1) is 6.92 Å². The molecular weight excluding hydrogens is 464 g/mol. The number of benzene rings is 3. The highest BCUT2D eigenvalue weighted by Gasteiger charge is 2.47. The Hall–Kier alpha value is -4.06. The van der Waals surface area contributed by atoms with Crippen molar-refractivity contribution in [3.05, 3.63) is 94.6 Å². The number of aliphatic hydroxyl groups excluding tert-OH is 1. The number of carbonyl (C=O) groups excluding carboxylic acids is 2. The van der Waals surface area contributed by atoms with Gasteiger partial charge in [-0.2, -0.15) is 0 Å². The van der Waals surface area contributed by atoms with Gasteiger partial charge in [-0.15, -0.1) is 0 Å². The third-order valence-electron chi connectivity index (χ3n) is 6.89. The molecule has 192 valence electrons. The minimum atomic E-state index is -0.797. The molecule has 0 saturated carbocycles. The van der Waals surface area contributed by atoms with E-state index in [1.54, 1.807) is 6.07 Å². The molecule has 3 aromatic rings. The summed E-state index contributed by atoms with van der Waals surface area (Å²) in [5, 5.41) is 11.7. The van der Waals surface area contributed by atoms with Crippen molar-refractivity contribution in [2.45, 2.75) is 39.2 Å². The summed E-state index contributed by atoms with van der Waals surface area (Å²) < 4.78 is 5.56. The van der Waals surface area contributed by atoms with Crippen LogP contribution >= 0.6 is 0 Å². The smallest absolute Gasteiger partial charge is 0.300 e. The number of aliphatic hydroxyl groups is 1. The summed E-state index contributed by atoms with van der Waals surface area (Å²) in [6.45, 7) is 8.15. The van der Waals surface area contributed by atoms with Gasteiger partial charge >= 0.3 is 0 Å². The molecule has 0 radical (unpaired) electrons. The lowest BCUT2D eigenvalue weighted by Crippen LogP contribution is -2.29. The van der Waals surface area contributed by atoms with E-state index in [-0.39, 0.29) is 16.7 Å². The van der Waals surface area contributed by atoms with Crippen molar-refractivity contribution in [1.29, 1.82) is 0 Å². The maximum absolute atomic E-state index is 13.6. The Morgan fingerprint density at radius 3 is 2.19 bits per heavy atom. The Bertz CT molecular complexity index is 1380. The first-order valence-corrected chi connectivity index (χ1v) is 12.3. The second kappa shape index (κ2) is 9.77. The van der Waals surface area contributed by atoms with E-state index in [1.165, 1.54) is 12.0 Å². The number of amides is 1. The van der Waals surface area contributed by atoms with Gasteiger partial charge in [0, 0.05) is 25.5 Å². The van der Waals surface area contributed by atoms with E-state index in [2.05, 4.69) is 20.8 Å². The molecular formula is C31H34N2O4. The van der Waals surface area contributed by atoms with Crippen molar-refractivity contribution >= 4 is 28.8 Å². The van der Waals surface area contributed by atoms with Crippen LogP contribution in [0.1, 0.15) is 49.1 Å². The Kier molecular flexibility index (Phi) is 6.87. The SMILES string of the molecule is COc1ccc(C(C)(C)C)cc1/C(O)=C1\C(=O)C(=O)N(c2ccc(N(C)C)cc2)C1c1ccccc1C. The highest BCUT2D eigenvalue weighted by atomic mass is 16.5. The lowest BCUT2D eigenvalue weighted by Gasteiger charge is -2.27. The molecule has 0 aromatic heterocycles. The fourth-order valence-electron chi connectivity index (χ4n) is 4.70. The number of methoxy groups -OCH3 is 1. The van der Waals surface area contributed by atoms with Crippen LogP contribution in [0.15, 0.2) is 72.3 Å². The van der Waals surface area contributed by atoms with Gasteiger partial charge in [-0.1, -0.05) is 51.1 Å². The zero-order valence-electron chi connectivity index (χ0n) is 22.5. The second-order valence-electron chi connectivity index (χ2n) is 10.6. The van der Waals surface area contributed by atoms with E-state index >= 15 is 0 Å². The standard InChI is InChI=1S/C31H34N2O4/c1-19-10-8-9-11-23(19)27-26(28(34)24-18-20(31(2,3)4)12-17-25(24)37-7)29(35)30(36)33(27)22-15-13-21(14-16-22)32(5)6/h8-18,27,34H,1-7H3/b28-26+. The predicted molar refractivity (Wildman–Crippen MR) is 148 cm³/mol. The normalized spacial score (nSPS) is 17.3. The number of nitrogens with zero attached hydrogens (tertiary/aromatic N) is 2. The van der Waals surface area contributed by atoms with Gasteiger partial charge in [0.05, 0.1) is 24.3 Å². The second-order valence-corrected chi connectivity index (χ2v) is 10.6. The van der Waals surface area contributed by atoms with Gasteiger partial charge < -0.3 is 14.7 Å². The van der Waals surface area contributed by atoms with Crippen molar-refractivity contribution in [3.63, 3.8) is 0 Å². The van der Waals surface area contributed by atoms with Gasteiger partial charge in [-0.3, -0.25) is 14.5 Å². The number of ketones is 1. The van der Waals surface area contributed by atoms with Crippen molar-refractivity contribution in [2.75, 3.05) is 31.0 Å². The molecule has 1 fully saturated rings. The number of rotatable bonds is 5. The molecule has 6 nitrogen and oxygen atoms in total. The largest absolute Gasteiger partial charge is 0.507 e. The molecule has 1 aliphatic rings. The van der Waals surface area contributed by atoms with Crippen molar-refractivity contribution < 1.29 is 19.4 Å². The number of ether oxygens (including phenoxy) is 1. The first-order valence-electron chi connectivity index (χ1n) is 12.3. The third-order valence-corrected chi connectivity index (χ3v) is 6.89. The van der Waals surface area contributed by atoms with Crippen molar-refractivity contribution in [3.8, 4) is 5.75 Å². The molecule has 4 rings (SSSR count). The minimum Gasteiger partial charge on any atom is -0.507 e. The van der Waals surface area contributed by atoms with Crippen LogP contribution in [0.3, 0.4) is 0 Å². The summed E-state index contributed by atoms with van der Waals surface area (Å²) in [6.07, 6.45) is 0. The highest BCUT2D eigenvalue weighted by Crippen LogP contribution is 2.44. The number of anilines is 2. The summed E-state index contributed by atoms with van der Waals surface area (Å²) in [5.74, 6) is -1.23. The minimum absolute atomic E-state index is 0.0420. The Morgan fingerprint density at radius 2 is 1.62 bits per heavy atom. The third kappa shape index (κ3) is 4.71. The van der Waals surface area contributed by atoms with E-state index in [4.69, 9.17) is 4.74 Å². The Morgan fingerprint density at radius 1 is 0.973 bits per heavy atom. The molecule has 1 atom stereocenters. The van der Waals surface area contributed by atoms with Crippen LogP contribution < -0.4 is 14.5 Å². The number of Topliss-reactive ketones (excluding diaryl/α,β-unsaturated/α-hetero) is 1. The molecule has 6 heteroatoms. The van der Waals surface area contributed by atoms with Gasteiger partial charge in [0.2, 0.25) is 0 Å². The van der Waals surface area contributed by atoms with Gasteiger partial charge in [-0.25, -0.2) is 0 Å². The number of aryl methyl sites for hydroxylation is 1. The van der Waals surface area contributed by atoms with Crippen LogP contribution in [0.2, 0.25) is 0 Å². The monoisotopic (exact) mass is 498 g/mol. The molecule has 1 saturated heterocycles. The molecule has 1 unspecified atom stereocenters. The number of carbonyl (C=O) groups is 2. The van der Waals surface area contributed by atoms with Gasteiger partial charge in [0.15, 0.2) is 0 Å². The van der Waals surface area contributed by atoms with E-state index in [0.29, 0.717) is 17.0 Å². The fourth-order valence-corrected chi connectivity index (χ4v) is 4.70. The molecule has 0 aliphatic carbocycles. The summed E-state index contributed by atoms with van der Waals surface area (Å²) in [7, 11) is 5.40. The molecule has 1 N–H and O–H groups in total. The Balaban J connectivity index is 1.99. The topological polar surface area (TPSA) is 70.1 Å². The molecule has 1 aliphatic heterocycles. The first kappa shape index (κ1) is 26.0. The predicted octanol–water partition coefficient (Wildman–Crippen LogP) is 5.99. The van der Waals surface area contributed by atoms with E-state index in [9.17, 15) is 14.7 Å². The fraction of sp³-hybridized carbons (Fsp3) is 0.290. The quantitative estimate of drug-likeness (QED) is 0.266. The summed E-state index contributed by atoms with van der Waals surface area (Å²) in [5.41, 5.74) is 4.42. The average Bonchev–Trinajstić information content (AvgIpc) is 3.13. The van der Waals surface area contributed by atoms with Crippen molar-refractivity contribution in [2.24, 2.45) is 0 Å². The van der Waals surface area contributed by atoms with Crippen LogP contribution in [0.25, 0.3) is 5.76 Å². The highest BCUT2D eigenvalue weighted by molar-refractivity contribution is 6.51. The molecule has 3 aromatic carbocycles. The lowest BCUT2D eigenvalue weighted by molar-refractivity contribution is -0.132. The molecule has 1 amide bonds. The maximum atomic E-state index is 13.6. The zero-order chi connectivity index (χ0) is 27.1. The lowest BCUT2D eigenvalue weighted by atomic mass is 9.85. The molecule has 0 bridgehead atoms. The number of hydrogen-bond acceptors (Lipinski definition) is 5. The van der Waals surface area contributed by atoms with Gasteiger partial charge in [-0.05, 0) is 65.4 Å². The van der Waals surface area contributed by atoms with E-state index in [0.717, 1.165) is 22.4 Å². The van der Waals surface area contributed by atoms with Crippen LogP contribution in [0.5, 0.6) is 5.75 Å². The number of hydrogen-bond donors (Lipinski definition) is 1. The summed E-state index contributed by atoms with van der Waals surface area (Å²) in [6, 6.07) is 19.8. The van der Waals surface area contributed by atoms with Crippen LogP contribution in [0.4, 0.5) is 11.4 Å². The summed E-state index contributed by atoms with van der Waals surface area (Å²) in [4.78, 5) is 30.6. The van der Waals surface area contributed by atoms with E-state index in [1.807, 2.05) is 86.6 Å². The van der Waals surface area contributed by atoms with Crippen LogP contribution in [-0.2, 0) is 15.0 Å². The molecule has 37 heavy (non-hydrogen) atoms. The van der Waals surface area contributed by atoms with E-state index < -0.39 is 17.7 Å².